The number of quaternary nitrogens is 1. The lowest BCUT2D eigenvalue weighted by molar-refractivity contribution is -0.898. The molecule has 202 valence electrons. The molecule has 0 heterocycles. The number of likely N-dealkylation sites (N-methyl/N-ethyl adjacent to an activating group) is 1. The Morgan fingerprint density at radius 3 is 2.03 bits per heavy atom. The highest BCUT2D eigenvalue weighted by Crippen LogP contribution is 2.56. The minimum absolute atomic E-state index is 0.218. The average molecular weight is 510 g/mol. The number of phosphoric ester groups is 1. The van der Waals surface area contributed by atoms with E-state index in [0.717, 1.165) is 66.7 Å². The number of hydrogen-bond donors (Lipinski definition) is 0. The summed E-state index contributed by atoms with van der Waals surface area (Å²) >= 11 is 0. The summed E-state index contributed by atoms with van der Waals surface area (Å²) < 4.78 is 23.6. The average Bonchev–Trinajstić information content (AvgIpc) is 3.23. The highest BCUT2D eigenvalue weighted by molar-refractivity contribution is 7.45. The second-order valence-electron chi connectivity index (χ2n) is 13.2. The van der Waals surface area contributed by atoms with Gasteiger partial charge in [0.05, 0.1) is 27.7 Å². The van der Waals surface area contributed by atoms with E-state index in [4.69, 9.17) is 9.05 Å². The van der Waals surface area contributed by atoms with Crippen LogP contribution in [0, 0.1) is 23.7 Å². The topological polar surface area (TPSA) is 58.6 Å². The van der Waals surface area contributed by atoms with Gasteiger partial charge in [0.2, 0.25) is 0 Å². The molecule has 6 heteroatoms. The van der Waals surface area contributed by atoms with Crippen molar-refractivity contribution in [1.29, 1.82) is 0 Å². The zero-order valence-electron chi connectivity index (χ0n) is 22.8. The van der Waals surface area contributed by atoms with Gasteiger partial charge in [-0.2, -0.15) is 0 Å². The van der Waals surface area contributed by atoms with Crippen LogP contribution in [0.5, 0.6) is 0 Å². The molecular weight excluding hydrogens is 457 g/mol. The molecular formula is C29H52NO4P. The summed E-state index contributed by atoms with van der Waals surface area (Å²) in [4.78, 5) is 12.3. The molecule has 0 spiro atoms. The molecule has 3 atom stereocenters. The second kappa shape index (κ2) is 12.6. The molecule has 3 unspecified atom stereocenters. The number of rotatable bonds is 15. The summed E-state index contributed by atoms with van der Waals surface area (Å²) in [6, 6.07) is 0.218. The van der Waals surface area contributed by atoms with E-state index in [1.807, 2.05) is 5.57 Å². The van der Waals surface area contributed by atoms with Gasteiger partial charge in [0.15, 0.2) is 0 Å². The van der Waals surface area contributed by atoms with Gasteiger partial charge in [-0.1, -0.05) is 50.2 Å². The zero-order valence-corrected chi connectivity index (χ0v) is 23.7. The SMILES string of the molecule is C[N+](C)(C)C1CCCC1OP(=O)([O-])OCCCCCCCCCCC=C1C2CC3CC(C2)CC1C3. The van der Waals surface area contributed by atoms with Gasteiger partial charge >= 0.3 is 0 Å². The molecule has 0 radical (unpaired) electrons. The summed E-state index contributed by atoms with van der Waals surface area (Å²) in [6.07, 6.45) is 23.6. The fourth-order valence-corrected chi connectivity index (χ4v) is 8.92. The first-order valence-corrected chi connectivity index (χ1v) is 16.3. The summed E-state index contributed by atoms with van der Waals surface area (Å²) in [5.74, 6) is 4.05. The van der Waals surface area contributed by atoms with Crippen molar-refractivity contribution >= 4 is 7.82 Å². The molecule has 35 heavy (non-hydrogen) atoms. The Labute approximate surface area is 215 Å². The Kier molecular flexibility index (Phi) is 10.00. The van der Waals surface area contributed by atoms with Crippen LogP contribution >= 0.6 is 7.82 Å². The lowest BCUT2D eigenvalue weighted by atomic mass is 9.54. The molecule has 5 nitrogen and oxygen atoms in total. The van der Waals surface area contributed by atoms with E-state index < -0.39 is 7.82 Å². The highest BCUT2D eigenvalue weighted by Gasteiger charge is 2.44. The van der Waals surface area contributed by atoms with E-state index in [-0.39, 0.29) is 18.8 Å². The lowest BCUT2D eigenvalue weighted by Crippen LogP contribution is -2.49. The largest absolute Gasteiger partial charge is 0.756 e. The van der Waals surface area contributed by atoms with Crippen molar-refractivity contribution in [3.63, 3.8) is 0 Å². The molecule has 0 aliphatic heterocycles. The first-order chi connectivity index (χ1) is 16.7. The molecule has 5 aliphatic rings. The molecule has 4 bridgehead atoms. The van der Waals surface area contributed by atoms with Crippen molar-refractivity contribution in [3.05, 3.63) is 11.6 Å². The minimum atomic E-state index is -4.21. The number of unbranched alkanes of at least 4 members (excludes halogenated alkanes) is 8. The molecule has 0 amide bonds. The Balaban J connectivity index is 0.978. The molecule has 0 aromatic rings. The van der Waals surface area contributed by atoms with E-state index in [1.165, 1.54) is 64.2 Å². The fourth-order valence-electron chi connectivity index (χ4n) is 7.93. The third kappa shape index (κ3) is 8.14. The third-order valence-corrected chi connectivity index (χ3v) is 10.5. The third-order valence-electron chi connectivity index (χ3n) is 9.49. The Bertz CT molecular complexity index is 715. The van der Waals surface area contributed by atoms with Crippen LogP contribution in [0.15, 0.2) is 11.6 Å². The van der Waals surface area contributed by atoms with Crippen molar-refractivity contribution in [2.24, 2.45) is 23.7 Å². The van der Waals surface area contributed by atoms with Crippen LogP contribution in [0.3, 0.4) is 0 Å². The Morgan fingerprint density at radius 1 is 0.857 bits per heavy atom. The van der Waals surface area contributed by atoms with E-state index >= 15 is 0 Å². The maximum atomic E-state index is 12.3. The van der Waals surface area contributed by atoms with Crippen LogP contribution in [-0.2, 0) is 13.6 Å². The van der Waals surface area contributed by atoms with E-state index in [2.05, 4.69) is 27.2 Å². The van der Waals surface area contributed by atoms with E-state index in [1.54, 1.807) is 6.42 Å². The maximum absolute atomic E-state index is 12.3. The zero-order chi connectivity index (χ0) is 24.9. The lowest BCUT2D eigenvalue weighted by Gasteiger charge is -2.51. The van der Waals surface area contributed by atoms with Crippen molar-refractivity contribution in [2.45, 2.75) is 121 Å². The number of hydrogen-bond acceptors (Lipinski definition) is 4. The van der Waals surface area contributed by atoms with E-state index in [9.17, 15) is 9.46 Å². The standard InChI is InChI=1S/C29H52NO4P/c1-30(2,3)28-15-13-16-29(28)34-35(31,32)33-17-12-10-8-6-4-5-7-9-11-14-27-25-19-23-18-24(21-25)22-26(27)20-23/h14,23-26,28-29H,4-13,15-22H2,1-3H3. The van der Waals surface area contributed by atoms with Crippen LogP contribution in [0.1, 0.15) is 109 Å². The smallest absolute Gasteiger partial charge is 0.268 e. The molecule has 0 saturated heterocycles. The Hall–Kier alpha value is -0.190. The number of phosphoric acid groups is 1. The van der Waals surface area contributed by atoms with Crippen LogP contribution in [0.25, 0.3) is 0 Å². The molecule has 0 aromatic carbocycles. The minimum Gasteiger partial charge on any atom is -0.756 e. The molecule has 0 N–H and O–H groups in total. The molecule has 0 aromatic heterocycles. The summed E-state index contributed by atoms with van der Waals surface area (Å²) in [7, 11) is 2.09. The van der Waals surface area contributed by atoms with Gasteiger partial charge in [-0.15, -0.1) is 0 Å². The van der Waals surface area contributed by atoms with Crippen molar-refractivity contribution in [3.8, 4) is 0 Å². The molecule has 5 aliphatic carbocycles. The van der Waals surface area contributed by atoms with Gasteiger partial charge in [-0.25, -0.2) is 0 Å². The first-order valence-electron chi connectivity index (χ1n) is 14.9. The van der Waals surface area contributed by atoms with Gasteiger partial charge < -0.3 is 18.4 Å². The monoisotopic (exact) mass is 509 g/mol. The van der Waals surface area contributed by atoms with E-state index in [0.29, 0.717) is 0 Å². The number of nitrogens with zero attached hydrogens (tertiary/aromatic N) is 1. The second-order valence-corrected chi connectivity index (χ2v) is 14.5. The summed E-state index contributed by atoms with van der Waals surface area (Å²) in [5, 5.41) is 0. The quantitative estimate of drug-likeness (QED) is 0.103. The van der Waals surface area contributed by atoms with Gasteiger partial charge in [-0.05, 0) is 87.9 Å². The first kappa shape index (κ1) is 27.8. The van der Waals surface area contributed by atoms with Gasteiger partial charge in [0.1, 0.15) is 12.1 Å². The molecule has 5 fully saturated rings. The molecule has 5 rings (SSSR count). The summed E-state index contributed by atoms with van der Waals surface area (Å²) in [5.41, 5.74) is 1.86. The molecule has 5 saturated carbocycles. The predicted octanol–water partition coefficient (Wildman–Crippen LogP) is 7.01. The number of allylic oxidation sites excluding steroid dienone is 2. The highest BCUT2D eigenvalue weighted by atomic mass is 31.2. The van der Waals surface area contributed by atoms with Gasteiger partial charge in [0.25, 0.3) is 7.82 Å². The fraction of sp³-hybridized carbons (Fsp3) is 0.931. The van der Waals surface area contributed by atoms with Crippen LogP contribution in [-0.4, -0.2) is 44.4 Å². The predicted molar refractivity (Wildman–Crippen MR) is 141 cm³/mol. The summed E-state index contributed by atoms with van der Waals surface area (Å²) in [6.45, 7) is 0.251. The van der Waals surface area contributed by atoms with Crippen molar-refractivity contribution in [1.82, 2.24) is 0 Å². The van der Waals surface area contributed by atoms with Crippen LogP contribution in [0.2, 0.25) is 0 Å². The maximum Gasteiger partial charge on any atom is 0.268 e. The van der Waals surface area contributed by atoms with Crippen LogP contribution in [0.4, 0.5) is 0 Å². The van der Waals surface area contributed by atoms with Gasteiger partial charge in [0, 0.05) is 6.42 Å². The normalized spacial score (nSPS) is 33.9. The van der Waals surface area contributed by atoms with Crippen molar-refractivity contribution < 1.29 is 23.0 Å². The van der Waals surface area contributed by atoms with Crippen LogP contribution < -0.4 is 4.89 Å². The van der Waals surface area contributed by atoms with Gasteiger partial charge in [-0.3, -0.25) is 4.57 Å². The van der Waals surface area contributed by atoms with Crippen molar-refractivity contribution in [2.75, 3.05) is 27.7 Å². The Morgan fingerprint density at radius 2 is 1.43 bits per heavy atom.